The van der Waals surface area contributed by atoms with Crippen LogP contribution in [0, 0.1) is 0 Å². The Morgan fingerprint density at radius 2 is 2.04 bits per heavy atom. The van der Waals surface area contributed by atoms with Gasteiger partial charge in [0.1, 0.15) is 0 Å². The Morgan fingerprint density at radius 1 is 1.29 bits per heavy atom. The molecule has 1 aliphatic heterocycles. The summed E-state index contributed by atoms with van der Waals surface area (Å²) in [5.41, 5.74) is 7.72. The standard InChI is InChI=1S/C16H22N4O4/c1-23-14-9-12(10-18-19-16(17)22)5-6-13(14)24-11-15(21)20-7-3-2-4-8-20/h5-6,9-10H,2-4,7-8,11H2,1H3,(H3,17,19,22)/b18-10+. The molecule has 0 bridgehead atoms. The number of nitrogens with zero attached hydrogens (tertiary/aromatic N) is 2. The molecule has 1 aromatic carbocycles. The van der Waals surface area contributed by atoms with E-state index < -0.39 is 6.03 Å². The quantitative estimate of drug-likeness (QED) is 0.600. The maximum Gasteiger partial charge on any atom is 0.332 e. The summed E-state index contributed by atoms with van der Waals surface area (Å²) in [6.07, 6.45) is 4.69. The third kappa shape index (κ3) is 5.15. The zero-order valence-corrected chi connectivity index (χ0v) is 13.7. The number of hydrogen-bond donors (Lipinski definition) is 2. The molecule has 0 saturated carbocycles. The number of piperidine rings is 1. The van der Waals surface area contributed by atoms with Gasteiger partial charge in [-0.2, -0.15) is 5.10 Å². The number of likely N-dealkylation sites (tertiary alicyclic amines) is 1. The average Bonchev–Trinajstić information content (AvgIpc) is 2.60. The number of hydrogen-bond acceptors (Lipinski definition) is 5. The van der Waals surface area contributed by atoms with Crippen LogP contribution in [0.5, 0.6) is 11.5 Å². The van der Waals surface area contributed by atoms with E-state index in [0.717, 1.165) is 25.9 Å². The summed E-state index contributed by atoms with van der Waals surface area (Å²) in [5, 5.41) is 3.67. The monoisotopic (exact) mass is 334 g/mol. The minimum absolute atomic E-state index is 0.0203. The van der Waals surface area contributed by atoms with Gasteiger partial charge in [0.2, 0.25) is 0 Å². The molecule has 1 aliphatic rings. The predicted octanol–water partition coefficient (Wildman–Crippen LogP) is 1.09. The van der Waals surface area contributed by atoms with Crippen LogP contribution in [0.3, 0.4) is 0 Å². The minimum atomic E-state index is -0.741. The van der Waals surface area contributed by atoms with Crippen molar-refractivity contribution >= 4 is 18.2 Å². The molecule has 0 aromatic heterocycles. The highest BCUT2D eigenvalue weighted by molar-refractivity contribution is 5.82. The van der Waals surface area contributed by atoms with Gasteiger partial charge in [0, 0.05) is 13.1 Å². The van der Waals surface area contributed by atoms with Crippen LogP contribution in [-0.4, -0.2) is 49.9 Å². The molecule has 0 atom stereocenters. The van der Waals surface area contributed by atoms with Crippen molar-refractivity contribution in [3.63, 3.8) is 0 Å². The maximum atomic E-state index is 12.1. The van der Waals surface area contributed by atoms with Crippen molar-refractivity contribution in [1.82, 2.24) is 10.3 Å². The van der Waals surface area contributed by atoms with Crippen molar-refractivity contribution in [3.05, 3.63) is 23.8 Å². The number of methoxy groups -OCH3 is 1. The van der Waals surface area contributed by atoms with Gasteiger partial charge in [0.15, 0.2) is 18.1 Å². The number of ether oxygens (including phenoxy) is 2. The molecule has 0 unspecified atom stereocenters. The van der Waals surface area contributed by atoms with Crippen LogP contribution in [0.1, 0.15) is 24.8 Å². The molecule has 24 heavy (non-hydrogen) atoms. The summed E-state index contributed by atoms with van der Waals surface area (Å²) in [7, 11) is 1.51. The summed E-state index contributed by atoms with van der Waals surface area (Å²) in [6.45, 7) is 1.57. The molecule has 8 heteroatoms. The van der Waals surface area contributed by atoms with Gasteiger partial charge in [-0.1, -0.05) is 0 Å². The molecule has 3 N–H and O–H groups in total. The van der Waals surface area contributed by atoms with Crippen molar-refractivity contribution in [2.24, 2.45) is 10.8 Å². The van der Waals surface area contributed by atoms with Crippen LogP contribution in [0.25, 0.3) is 0 Å². The number of primary amides is 1. The highest BCUT2D eigenvalue weighted by Gasteiger charge is 2.17. The first-order chi connectivity index (χ1) is 11.6. The number of urea groups is 1. The van der Waals surface area contributed by atoms with Crippen molar-refractivity contribution in [2.45, 2.75) is 19.3 Å². The fraction of sp³-hybridized carbons (Fsp3) is 0.438. The third-order valence-corrected chi connectivity index (χ3v) is 3.64. The fourth-order valence-electron chi connectivity index (χ4n) is 2.43. The Bertz CT molecular complexity index is 612. The number of hydrazone groups is 1. The number of nitrogens with one attached hydrogen (secondary N) is 1. The van der Waals surface area contributed by atoms with Gasteiger partial charge >= 0.3 is 6.03 Å². The van der Waals surface area contributed by atoms with E-state index in [1.807, 2.05) is 4.90 Å². The average molecular weight is 334 g/mol. The predicted molar refractivity (Wildman–Crippen MR) is 89.2 cm³/mol. The van der Waals surface area contributed by atoms with Crippen LogP contribution in [0.2, 0.25) is 0 Å². The molecule has 1 saturated heterocycles. The summed E-state index contributed by atoms with van der Waals surface area (Å²) < 4.78 is 10.9. The number of amides is 3. The van der Waals surface area contributed by atoms with Gasteiger partial charge in [0.25, 0.3) is 5.91 Å². The molecule has 0 spiro atoms. The molecule has 0 aliphatic carbocycles. The molecular formula is C16H22N4O4. The number of rotatable bonds is 6. The molecular weight excluding hydrogens is 312 g/mol. The van der Waals surface area contributed by atoms with Crippen molar-refractivity contribution < 1.29 is 19.1 Å². The minimum Gasteiger partial charge on any atom is -0.493 e. The van der Waals surface area contributed by atoms with E-state index in [1.165, 1.54) is 19.7 Å². The molecule has 0 radical (unpaired) electrons. The van der Waals surface area contributed by atoms with Crippen LogP contribution in [-0.2, 0) is 4.79 Å². The zero-order valence-electron chi connectivity index (χ0n) is 13.7. The van der Waals surface area contributed by atoms with E-state index in [0.29, 0.717) is 17.1 Å². The van der Waals surface area contributed by atoms with Crippen LogP contribution in [0.4, 0.5) is 4.79 Å². The summed E-state index contributed by atoms with van der Waals surface area (Å²) in [6, 6.07) is 4.37. The molecule has 8 nitrogen and oxygen atoms in total. The van der Waals surface area contributed by atoms with Gasteiger partial charge in [-0.15, -0.1) is 0 Å². The lowest BCUT2D eigenvalue weighted by molar-refractivity contribution is -0.134. The van der Waals surface area contributed by atoms with Gasteiger partial charge in [-0.25, -0.2) is 10.2 Å². The maximum absolute atomic E-state index is 12.1. The second-order valence-electron chi connectivity index (χ2n) is 5.37. The van der Waals surface area contributed by atoms with Crippen LogP contribution < -0.4 is 20.6 Å². The SMILES string of the molecule is COc1cc(/C=N/NC(N)=O)ccc1OCC(=O)N1CCCCC1. The van der Waals surface area contributed by atoms with E-state index in [2.05, 4.69) is 10.5 Å². The van der Waals surface area contributed by atoms with E-state index >= 15 is 0 Å². The van der Waals surface area contributed by atoms with E-state index in [1.54, 1.807) is 18.2 Å². The molecule has 1 heterocycles. The largest absolute Gasteiger partial charge is 0.493 e. The number of carbonyl (C=O) groups excluding carboxylic acids is 2. The lowest BCUT2D eigenvalue weighted by atomic mass is 10.1. The zero-order chi connectivity index (χ0) is 17.4. The Morgan fingerprint density at radius 3 is 2.71 bits per heavy atom. The lowest BCUT2D eigenvalue weighted by Crippen LogP contribution is -2.38. The first kappa shape index (κ1) is 17.6. The Labute approximate surface area is 140 Å². The van der Waals surface area contributed by atoms with Crippen LogP contribution in [0.15, 0.2) is 23.3 Å². The smallest absolute Gasteiger partial charge is 0.332 e. The van der Waals surface area contributed by atoms with Crippen molar-refractivity contribution in [3.8, 4) is 11.5 Å². The summed E-state index contributed by atoms with van der Waals surface area (Å²) >= 11 is 0. The highest BCUT2D eigenvalue weighted by Crippen LogP contribution is 2.27. The highest BCUT2D eigenvalue weighted by atomic mass is 16.5. The number of carbonyl (C=O) groups is 2. The summed E-state index contributed by atoms with van der Waals surface area (Å²) in [4.78, 5) is 24.5. The number of benzene rings is 1. The second-order valence-corrected chi connectivity index (χ2v) is 5.37. The number of nitrogens with two attached hydrogens (primary N) is 1. The van der Waals surface area contributed by atoms with Gasteiger partial charge < -0.3 is 20.1 Å². The van der Waals surface area contributed by atoms with E-state index in [-0.39, 0.29) is 12.5 Å². The van der Waals surface area contributed by atoms with Gasteiger partial charge in [-0.05, 0) is 43.0 Å². The van der Waals surface area contributed by atoms with E-state index in [9.17, 15) is 9.59 Å². The van der Waals surface area contributed by atoms with E-state index in [4.69, 9.17) is 15.2 Å². The van der Waals surface area contributed by atoms with Gasteiger partial charge in [0.05, 0.1) is 13.3 Å². The fourth-order valence-corrected chi connectivity index (χ4v) is 2.43. The Hall–Kier alpha value is -2.77. The normalized spacial score (nSPS) is 14.5. The molecule has 1 aromatic rings. The molecule has 3 amide bonds. The first-order valence-electron chi connectivity index (χ1n) is 7.77. The van der Waals surface area contributed by atoms with Crippen LogP contribution >= 0.6 is 0 Å². The Kier molecular flexibility index (Phi) is 6.41. The second kappa shape index (κ2) is 8.76. The first-order valence-corrected chi connectivity index (χ1v) is 7.77. The lowest BCUT2D eigenvalue weighted by Gasteiger charge is -2.26. The third-order valence-electron chi connectivity index (χ3n) is 3.64. The van der Waals surface area contributed by atoms with Crippen molar-refractivity contribution in [2.75, 3.05) is 26.8 Å². The molecule has 2 rings (SSSR count). The molecule has 1 fully saturated rings. The summed E-state index contributed by atoms with van der Waals surface area (Å²) in [5.74, 6) is 0.931. The van der Waals surface area contributed by atoms with Crippen molar-refractivity contribution in [1.29, 1.82) is 0 Å². The molecule has 130 valence electrons. The topological polar surface area (TPSA) is 106 Å². The Balaban J connectivity index is 1.95. The van der Waals surface area contributed by atoms with Gasteiger partial charge in [-0.3, -0.25) is 4.79 Å².